The largest absolute Gasteiger partial charge is 0.383 e. The Kier molecular flexibility index (Phi) is 2.38. The summed E-state index contributed by atoms with van der Waals surface area (Å²) in [5, 5.41) is 9.36. The van der Waals surface area contributed by atoms with Crippen LogP contribution in [-0.2, 0) is 7.05 Å². The highest BCUT2D eigenvalue weighted by Gasteiger charge is 2.14. The second-order valence-corrected chi connectivity index (χ2v) is 4.50. The molecule has 0 radical (unpaired) electrons. The van der Waals surface area contributed by atoms with Gasteiger partial charge >= 0.3 is 0 Å². The van der Waals surface area contributed by atoms with Crippen LogP contribution in [0.4, 0.5) is 5.82 Å². The van der Waals surface area contributed by atoms with Gasteiger partial charge in [-0.1, -0.05) is 6.07 Å². The summed E-state index contributed by atoms with van der Waals surface area (Å²) >= 11 is 0. The van der Waals surface area contributed by atoms with Crippen molar-refractivity contribution in [3.8, 4) is 0 Å². The SMILES string of the molecule is Cc1cc(N)n(C(=O)c2ccc3cn(C)nc3c2)n1. The van der Waals surface area contributed by atoms with Crippen LogP contribution in [0.3, 0.4) is 0 Å². The molecule has 0 aliphatic heterocycles. The average Bonchev–Trinajstić information content (AvgIpc) is 2.88. The normalized spacial score (nSPS) is 11.1. The highest BCUT2D eigenvalue weighted by molar-refractivity contribution is 5.99. The first-order valence-corrected chi connectivity index (χ1v) is 5.85. The summed E-state index contributed by atoms with van der Waals surface area (Å²) in [5.41, 5.74) is 7.76. The number of benzene rings is 1. The summed E-state index contributed by atoms with van der Waals surface area (Å²) in [6.45, 7) is 1.79. The molecule has 0 atom stereocenters. The highest BCUT2D eigenvalue weighted by atomic mass is 16.2. The molecule has 0 bridgehead atoms. The lowest BCUT2D eigenvalue weighted by atomic mass is 10.1. The lowest BCUT2D eigenvalue weighted by Gasteiger charge is -2.02. The van der Waals surface area contributed by atoms with E-state index < -0.39 is 0 Å². The molecule has 2 aromatic heterocycles. The van der Waals surface area contributed by atoms with Crippen molar-refractivity contribution in [3.05, 3.63) is 41.7 Å². The molecule has 1 aromatic carbocycles. The number of nitrogens with zero attached hydrogens (tertiary/aromatic N) is 4. The molecule has 6 heteroatoms. The molecule has 0 fully saturated rings. The van der Waals surface area contributed by atoms with Crippen molar-refractivity contribution in [2.75, 3.05) is 5.73 Å². The van der Waals surface area contributed by atoms with E-state index in [-0.39, 0.29) is 5.91 Å². The Hall–Kier alpha value is -2.63. The van der Waals surface area contributed by atoms with Crippen LogP contribution in [0.5, 0.6) is 0 Å². The minimum atomic E-state index is -0.252. The number of anilines is 1. The number of nitrogen functional groups attached to an aromatic ring is 1. The maximum Gasteiger partial charge on any atom is 0.280 e. The maximum absolute atomic E-state index is 12.3. The Bertz CT molecular complexity index is 784. The summed E-state index contributed by atoms with van der Waals surface area (Å²) in [6, 6.07) is 7.02. The molecule has 3 aromatic rings. The van der Waals surface area contributed by atoms with Crippen molar-refractivity contribution < 1.29 is 4.79 Å². The fourth-order valence-electron chi connectivity index (χ4n) is 2.08. The Morgan fingerprint density at radius 3 is 2.74 bits per heavy atom. The van der Waals surface area contributed by atoms with Crippen molar-refractivity contribution in [2.45, 2.75) is 6.92 Å². The summed E-state index contributed by atoms with van der Waals surface area (Å²) in [5.74, 6) is 0.0850. The third kappa shape index (κ3) is 1.87. The zero-order chi connectivity index (χ0) is 13.6. The molecule has 96 valence electrons. The van der Waals surface area contributed by atoms with Gasteiger partial charge in [0.05, 0.1) is 11.2 Å². The monoisotopic (exact) mass is 255 g/mol. The zero-order valence-corrected chi connectivity index (χ0v) is 10.7. The lowest BCUT2D eigenvalue weighted by molar-refractivity contribution is 0.0947. The van der Waals surface area contributed by atoms with Crippen molar-refractivity contribution in [1.29, 1.82) is 0 Å². The van der Waals surface area contributed by atoms with Crippen molar-refractivity contribution in [1.82, 2.24) is 19.6 Å². The van der Waals surface area contributed by atoms with Crippen LogP contribution in [0.1, 0.15) is 16.1 Å². The fraction of sp³-hybridized carbons (Fsp3) is 0.154. The van der Waals surface area contributed by atoms with Crippen LogP contribution >= 0.6 is 0 Å². The number of fused-ring (bicyclic) bond motifs is 1. The van der Waals surface area contributed by atoms with E-state index in [4.69, 9.17) is 5.73 Å². The van der Waals surface area contributed by atoms with Crippen LogP contribution in [-0.4, -0.2) is 25.5 Å². The predicted molar refractivity (Wildman–Crippen MR) is 71.8 cm³/mol. The van der Waals surface area contributed by atoms with Crippen LogP contribution in [0.15, 0.2) is 30.5 Å². The van der Waals surface area contributed by atoms with Crippen LogP contribution in [0, 0.1) is 6.92 Å². The Labute approximate surface area is 109 Å². The van der Waals surface area contributed by atoms with Crippen LogP contribution in [0.2, 0.25) is 0 Å². The van der Waals surface area contributed by atoms with E-state index in [1.54, 1.807) is 29.8 Å². The van der Waals surface area contributed by atoms with E-state index in [1.807, 2.05) is 19.3 Å². The van der Waals surface area contributed by atoms with E-state index in [0.717, 1.165) is 10.9 Å². The number of aromatic nitrogens is 4. The summed E-state index contributed by atoms with van der Waals surface area (Å²) in [7, 11) is 1.84. The van der Waals surface area contributed by atoms with Gasteiger partial charge in [-0.2, -0.15) is 14.9 Å². The smallest absolute Gasteiger partial charge is 0.280 e. The first kappa shape index (κ1) is 11.5. The van der Waals surface area contributed by atoms with Gasteiger partial charge in [0.1, 0.15) is 5.82 Å². The molecule has 0 spiro atoms. The highest BCUT2D eigenvalue weighted by Crippen LogP contribution is 2.16. The van der Waals surface area contributed by atoms with Gasteiger partial charge in [-0.15, -0.1) is 0 Å². The zero-order valence-electron chi connectivity index (χ0n) is 10.7. The number of rotatable bonds is 1. The molecule has 0 aliphatic rings. The number of aryl methyl sites for hydroxylation is 2. The molecular weight excluding hydrogens is 242 g/mol. The molecular formula is C13H13N5O. The minimum absolute atomic E-state index is 0.252. The van der Waals surface area contributed by atoms with Gasteiger partial charge in [0.2, 0.25) is 0 Å². The number of carbonyl (C=O) groups excluding carboxylic acids is 1. The van der Waals surface area contributed by atoms with Crippen molar-refractivity contribution in [3.63, 3.8) is 0 Å². The second-order valence-electron chi connectivity index (χ2n) is 4.50. The molecule has 2 N–H and O–H groups in total. The third-order valence-electron chi connectivity index (χ3n) is 2.92. The number of carbonyl (C=O) groups is 1. The average molecular weight is 255 g/mol. The Balaban J connectivity index is 2.08. The topological polar surface area (TPSA) is 78.7 Å². The molecule has 19 heavy (non-hydrogen) atoms. The number of nitrogens with two attached hydrogens (primary N) is 1. The van der Waals surface area contributed by atoms with Crippen LogP contribution in [0.25, 0.3) is 10.9 Å². The predicted octanol–water partition coefficient (Wildman–Crippen LogP) is 1.35. The number of hydrogen-bond acceptors (Lipinski definition) is 4. The van der Waals surface area contributed by atoms with Gasteiger partial charge in [-0.25, -0.2) is 0 Å². The molecule has 0 amide bonds. The van der Waals surface area contributed by atoms with E-state index in [1.165, 1.54) is 4.68 Å². The summed E-state index contributed by atoms with van der Waals surface area (Å²) in [4.78, 5) is 12.3. The van der Waals surface area contributed by atoms with E-state index in [0.29, 0.717) is 17.1 Å². The maximum atomic E-state index is 12.3. The first-order chi connectivity index (χ1) is 9.04. The molecule has 0 unspecified atom stereocenters. The molecule has 3 rings (SSSR count). The van der Waals surface area contributed by atoms with E-state index in [9.17, 15) is 4.79 Å². The van der Waals surface area contributed by atoms with E-state index in [2.05, 4.69) is 10.2 Å². The standard InChI is InChI=1S/C13H13N5O/c1-8-5-12(14)18(15-8)13(19)9-3-4-10-7-17(2)16-11(10)6-9/h3-7H,14H2,1-2H3. The molecule has 0 aliphatic carbocycles. The third-order valence-corrected chi connectivity index (χ3v) is 2.92. The molecule has 0 saturated heterocycles. The first-order valence-electron chi connectivity index (χ1n) is 5.85. The van der Waals surface area contributed by atoms with Gasteiger partial charge in [-0.3, -0.25) is 9.48 Å². The van der Waals surface area contributed by atoms with Crippen molar-refractivity contribution in [2.24, 2.45) is 7.05 Å². The van der Waals surface area contributed by atoms with Gasteiger partial charge in [0.25, 0.3) is 5.91 Å². The number of hydrogen-bond donors (Lipinski definition) is 1. The van der Waals surface area contributed by atoms with Gasteiger partial charge in [-0.05, 0) is 19.1 Å². The molecule has 6 nitrogen and oxygen atoms in total. The summed E-state index contributed by atoms with van der Waals surface area (Å²) in [6.07, 6.45) is 1.90. The minimum Gasteiger partial charge on any atom is -0.383 e. The van der Waals surface area contributed by atoms with E-state index >= 15 is 0 Å². The fourth-order valence-corrected chi connectivity index (χ4v) is 2.08. The quantitative estimate of drug-likeness (QED) is 0.711. The lowest BCUT2D eigenvalue weighted by Crippen LogP contribution is -2.16. The molecule has 0 saturated carbocycles. The Morgan fingerprint density at radius 1 is 1.26 bits per heavy atom. The molecule has 2 heterocycles. The van der Waals surface area contributed by atoms with Gasteiger partial charge in [0.15, 0.2) is 0 Å². The summed E-state index contributed by atoms with van der Waals surface area (Å²) < 4.78 is 2.92. The van der Waals surface area contributed by atoms with Gasteiger partial charge < -0.3 is 5.73 Å². The second kappa shape index (κ2) is 3.94. The Morgan fingerprint density at radius 2 is 2.05 bits per heavy atom. The van der Waals surface area contributed by atoms with Crippen LogP contribution < -0.4 is 5.73 Å². The van der Waals surface area contributed by atoms with Crippen molar-refractivity contribution >= 4 is 22.6 Å². The van der Waals surface area contributed by atoms with Gasteiger partial charge in [0, 0.05) is 30.3 Å².